The number of aromatic nitrogens is 2. The third kappa shape index (κ3) is 2.69. The second kappa shape index (κ2) is 5.62. The minimum absolute atomic E-state index is 0.350. The van der Waals surface area contributed by atoms with E-state index in [1.54, 1.807) is 7.11 Å². The number of hydrogen-bond acceptors (Lipinski definition) is 4. The minimum Gasteiger partial charge on any atom is -0.399 e. The molecule has 0 amide bonds. The number of methoxy groups -OCH3 is 1. The number of hydrogen-bond donors (Lipinski definition) is 0. The van der Waals surface area contributed by atoms with E-state index in [0.717, 1.165) is 28.6 Å². The van der Waals surface area contributed by atoms with Crippen molar-refractivity contribution in [1.29, 1.82) is 0 Å². The van der Waals surface area contributed by atoms with Crippen molar-refractivity contribution in [2.75, 3.05) is 7.11 Å². The SMILES string of the molecule is CCn1cnc2cc(B3OC(C)(C)C(C)(C)O3)cc(COC)c21. The fraction of sp³-hybridized carbons (Fsp3) is 0.588. The van der Waals surface area contributed by atoms with Gasteiger partial charge in [0, 0.05) is 19.2 Å². The topological polar surface area (TPSA) is 45.5 Å². The van der Waals surface area contributed by atoms with Crippen LogP contribution < -0.4 is 5.46 Å². The van der Waals surface area contributed by atoms with Crippen molar-refractivity contribution in [3.8, 4) is 0 Å². The summed E-state index contributed by atoms with van der Waals surface area (Å²) in [5.41, 5.74) is 3.47. The average molecular weight is 316 g/mol. The lowest BCUT2D eigenvalue weighted by atomic mass is 9.78. The van der Waals surface area contributed by atoms with Gasteiger partial charge in [0.05, 0.1) is 35.2 Å². The molecule has 1 aliphatic heterocycles. The summed E-state index contributed by atoms with van der Waals surface area (Å²) >= 11 is 0. The molecular formula is C17H25BN2O3. The van der Waals surface area contributed by atoms with E-state index < -0.39 is 0 Å². The molecule has 1 aromatic carbocycles. The molecule has 0 saturated carbocycles. The molecule has 1 aromatic heterocycles. The third-order valence-corrected chi connectivity index (χ3v) is 4.98. The largest absolute Gasteiger partial charge is 0.494 e. The Balaban J connectivity index is 2.06. The lowest BCUT2D eigenvalue weighted by Crippen LogP contribution is -2.41. The maximum atomic E-state index is 6.17. The second-order valence-electron chi connectivity index (χ2n) is 7.10. The van der Waals surface area contributed by atoms with Gasteiger partial charge in [0.1, 0.15) is 0 Å². The van der Waals surface area contributed by atoms with Crippen LogP contribution in [0.1, 0.15) is 40.2 Å². The molecule has 0 unspecified atom stereocenters. The molecule has 2 aromatic rings. The lowest BCUT2D eigenvalue weighted by molar-refractivity contribution is 0.00578. The van der Waals surface area contributed by atoms with Gasteiger partial charge in [-0.2, -0.15) is 0 Å². The predicted molar refractivity (Wildman–Crippen MR) is 91.8 cm³/mol. The number of rotatable bonds is 4. The molecule has 2 heterocycles. The highest BCUT2D eigenvalue weighted by atomic mass is 16.7. The molecule has 23 heavy (non-hydrogen) atoms. The van der Waals surface area contributed by atoms with Crippen molar-refractivity contribution < 1.29 is 14.0 Å². The van der Waals surface area contributed by atoms with Crippen LogP contribution in [0.25, 0.3) is 11.0 Å². The number of imidazole rings is 1. The summed E-state index contributed by atoms with van der Waals surface area (Å²) in [6.45, 7) is 11.8. The summed E-state index contributed by atoms with van der Waals surface area (Å²) in [7, 11) is 1.33. The van der Waals surface area contributed by atoms with Gasteiger partial charge >= 0.3 is 7.12 Å². The minimum atomic E-state index is -0.383. The Kier molecular flexibility index (Phi) is 4.03. The van der Waals surface area contributed by atoms with E-state index in [4.69, 9.17) is 14.0 Å². The summed E-state index contributed by atoms with van der Waals surface area (Å²) in [4.78, 5) is 4.53. The zero-order valence-corrected chi connectivity index (χ0v) is 14.8. The van der Waals surface area contributed by atoms with Gasteiger partial charge in [-0.25, -0.2) is 4.98 Å². The van der Waals surface area contributed by atoms with Crippen molar-refractivity contribution in [1.82, 2.24) is 9.55 Å². The van der Waals surface area contributed by atoms with Crippen molar-refractivity contribution >= 4 is 23.6 Å². The summed E-state index contributed by atoms with van der Waals surface area (Å²) < 4.78 is 19.9. The van der Waals surface area contributed by atoms with Crippen molar-refractivity contribution in [2.45, 2.75) is 59.0 Å². The van der Waals surface area contributed by atoms with Crippen molar-refractivity contribution in [3.63, 3.8) is 0 Å². The third-order valence-electron chi connectivity index (χ3n) is 4.98. The summed E-state index contributed by atoms with van der Waals surface area (Å²) in [5, 5.41) is 0. The number of benzene rings is 1. The van der Waals surface area contributed by atoms with Gasteiger partial charge in [0.2, 0.25) is 0 Å². The van der Waals surface area contributed by atoms with E-state index in [1.165, 1.54) is 0 Å². The number of nitrogens with zero attached hydrogens (tertiary/aromatic N) is 2. The van der Waals surface area contributed by atoms with Crippen LogP contribution in [0.2, 0.25) is 0 Å². The Morgan fingerprint density at radius 1 is 1.17 bits per heavy atom. The molecule has 6 heteroatoms. The molecule has 0 spiro atoms. The molecule has 0 N–H and O–H groups in total. The number of ether oxygens (including phenoxy) is 1. The molecule has 1 aliphatic rings. The van der Waals surface area contributed by atoms with E-state index in [9.17, 15) is 0 Å². The first-order valence-electron chi connectivity index (χ1n) is 8.11. The second-order valence-corrected chi connectivity index (χ2v) is 7.10. The van der Waals surface area contributed by atoms with Crippen LogP contribution in [-0.2, 0) is 27.2 Å². The van der Waals surface area contributed by atoms with Crippen LogP contribution >= 0.6 is 0 Å². The maximum absolute atomic E-state index is 6.17. The Hall–Kier alpha value is -1.37. The Morgan fingerprint density at radius 2 is 1.83 bits per heavy atom. The van der Waals surface area contributed by atoms with Crippen LogP contribution in [0.5, 0.6) is 0 Å². The Bertz CT molecular complexity index is 708. The summed E-state index contributed by atoms with van der Waals surface area (Å²) in [5.74, 6) is 0. The van der Waals surface area contributed by atoms with Crippen LogP contribution in [0.4, 0.5) is 0 Å². The quantitative estimate of drug-likeness (QED) is 0.813. The van der Waals surface area contributed by atoms with Crippen LogP contribution in [0.3, 0.4) is 0 Å². The van der Waals surface area contributed by atoms with E-state index in [1.807, 2.05) is 6.33 Å². The first kappa shape index (κ1) is 16.5. The first-order chi connectivity index (χ1) is 10.8. The number of fused-ring (bicyclic) bond motifs is 1. The zero-order valence-electron chi connectivity index (χ0n) is 14.8. The molecule has 3 rings (SSSR count). The van der Waals surface area contributed by atoms with Crippen molar-refractivity contribution in [2.24, 2.45) is 0 Å². The Labute approximate surface area is 138 Å². The maximum Gasteiger partial charge on any atom is 0.494 e. The fourth-order valence-corrected chi connectivity index (χ4v) is 2.94. The van der Waals surface area contributed by atoms with Crippen LogP contribution in [0.15, 0.2) is 18.5 Å². The van der Waals surface area contributed by atoms with Crippen LogP contribution in [-0.4, -0.2) is 35.0 Å². The molecule has 0 radical (unpaired) electrons. The highest BCUT2D eigenvalue weighted by Crippen LogP contribution is 2.36. The first-order valence-corrected chi connectivity index (χ1v) is 8.11. The fourth-order valence-electron chi connectivity index (χ4n) is 2.94. The molecule has 1 fully saturated rings. The van der Waals surface area contributed by atoms with Gasteiger partial charge in [0.15, 0.2) is 0 Å². The van der Waals surface area contributed by atoms with Gasteiger partial charge in [-0.15, -0.1) is 0 Å². The normalized spacial score (nSPS) is 19.7. The van der Waals surface area contributed by atoms with Gasteiger partial charge in [-0.3, -0.25) is 0 Å². The lowest BCUT2D eigenvalue weighted by Gasteiger charge is -2.32. The van der Waals surface area contributed by atoms with Gasteiger partial charge in [-0.1, -0.05) is 6.07 Å². The molecule has 0 bridgehead atoms. The standard InChI is InChI=1S/C17H25BN2O3/c1-7-20-11-19-14-9-13(8-12(10-21-6)15(14)20)18-22-16(2,3)17(4,5)23-18/h8-9,11H,7,10H2,1-6H3. The van der Waals surface area contributed by atoms with Gasteiger partial charge in [-0.05, 0) is 46.1 Å². The molecule has 0 atom stereocenters. The average Bonchev–Trinajstić information content (AvgIpc) is 2.97. The molecule has 5 nitrogen and oxygen atoms in total. The summed E-state index contributed by atoms with van der Waals surface area (Å²) in [6.07, 6.45) is 1.87. The number of aryl methyl sites for hydroxylation is 1. The zero-order chi connectivity index (χ0) is 16.8. The highest BCUT2D eigenvalue weighted by molar-refractivity contribution is 6.62. The van der Waals surface area contributed by atoms with Crippen molar-refractivity contribution in [3.05, 3.63) is 24.0 Å². The highest BCUT2D eigenvalue weighted by Gasteiger charge is 2.51. The van der Waals surface area contributed by atoms with E-state index >= 15 is 0 Å². The summed E-state index contributed by atoms with van der Waals surface area (Å²) in [6, 6.07) is 4.17. The van der Waals surface area contributed by atoms with Gasteiger partial charge < -0.3 is 18.6 Å². The van der Waals surface area contributed by atoms with E-state index in [0.29, 0.717) is 6.61 Å². The molecule has 124 valence electrons. The molecule has 0 aliphatic carbocycles. The van der Waals surface area contributed by atoms with Gasteiger partial charge in [0.25, 0.3) is 0 Å². The predicted octanol–water partition coefficient (Wildman–Crippen LogP) is 2.50. The molecule has 1 saturated heterocycles. The molecular weight excluding hydrogens is 291 g/mol. The smallest absolute Gasteiger partial charge is 0.399 e. The Morgan fingerprint density at radius 3 is 2.39 bits per heavy atom. The van der Waals surface area contributed by atoms with E-state index in [2.05, 4.69) is 56.3 Å². The monoisotopic (exact) mass is 316 g/mol. The van der Waals surface area contributed by atoms with E-state index in [-0.39, 0.29) is 18.3 Å². The van der Waals surface area contributed by atoms with Crippen LogP contribution in [0, 0.1) is 0 Å².